The zero-order chi connectivity index (χ0) is 11.9. The molecule has 0 rings (SSSR count). The summed E-state index contributed by atoms with van der Waals surface area (Å²) >= 11 is 0. The standard InChI is InChI=1S/C11H25NO2S/c1-5-8-11(12-7-3)9-15(13,14)10(4)6-2/h10-12H,5-9H2,1-4H3. The van der Waals surface area contributed by atoms with Gasteiger partial charge in [0, 0.05) is 6.04 Å². The summed E-state index contributed by atoms with van der Waals surface area (Å²) in [6.07, 6.45) is 2.66. The molecule has 0 heterocycles. The van der Waals surface area contributed by atoms with Crippen LogP contribution in [0.5, 0.6) is 0 Å². The molecule has 2 atom stereocenters. The molecule has 0 aromatic rings. The summed E-state index contributed by atoms with van der Waals surface area (Å²) in [5.74, 6) is 0.281. The highest BCUT2D eigenvalue weighted by Gasteiger charge is 2.23. The molecule has 0 bridgehead atoms. The summed E-state index contributed by atoms with van der Waals surface area (Å²) in [5, 5.41) is 3.03. The third-order valence-corrected chi connectivity index (χ3v) is 5.18. The molecule has 0 aliphatic heterocycles. The van der Waals surface area contributed by atoms with Crippen molar-refractivity contribution in [3.63, 3.8) is 0 Å². The van der Waals surface area contributed by atoms with Crippen molar-refractivity contribution in [2.75, 3.05) is 12.3 Å². The number of nitrogens with one attached hydrogen (secondary N) is 1. The molecule has 15 heavy (non-hydrogen) atoms. The van der Waals surface area contributed by atoms with Crippen molar-refractivity contribution in [1.29, 1.82) is 0 Å². The minimum atomic E-state index is -2.92. The van der Waals surface area contributed by atoms with Crippen molar-refractivity contribution in [3.05, 3.63) is 0 Å². The van der Waals surface area contributed by atoms with E-state index in [9.17, 15) is 8.42 Å². The molecule has 2 unspecified atom stereocenters. The normalized spacial score (nSPS) is 16.3. The van der Waals surface area contributed by atoms with Gasteiger partial charge in [-0.05, 0) is 26.3 Å². The average molecular weight is 235 g/mol. The number of hydrogen-bond donors (Lipinski definition) is 1. The van der Waals surface area contributed by atoms with Crippen LogP contribution in [-0.2, 0) is 9.84 Å². The summed E-state index contributed by atoms with van der Waals surface area (Å²) in [7, 11) is -2.92. The smallest absolute Gasteiger partial charge is 0.154 e. The van der Waals surface area contributed by atoms with E-state index in [4.69, 9.17) is 0 Å². The van der Waals surface area contributed by atoms with Crippen molar-refractivity contribution in [2.24, 2.45) is 0 Å². The zero-order valence-corrected chi connectivity index (χ0v) is 11.2. The predicted molar refractivity (Wildman–Crippen MR) is 65.9 cm³/mol. The average Bonchev–Trinajstić information content (AvgIpc) is 2.16. The molecule has 0 fully saturated rings. The molecule has 4 heteroatoms. The summed E-state index contributed by atoms with van der Waals surface area (Å²) in [6.45, 7) is 8.65. The van der Waals surface area contributed by atoms with Crippen LogP contribution in [0.2, 0.25) is 0 Å². The summed E-state index contributed by atoms with van der Waals surface area (Å²) in [4.78, 5) is 0. The highest BCUT2D eigenvalue weighted by atomic mass is 32.2. The lowest BCUT2D eigenvalue weighted by molar-refractivity contribution is 0.508. The maximum Gasteiger partial charge on any atom is 0.154 e. The van der Waals surface area contributed by atoms with E-state index in [1.54, 1.807) is 6.92 Å². The van der Waals surface area contributed by atoms with Crippen LogP contribution in [0.3, 0.4) is 0 Å². The Kier molecular flexibility index (Phi) is 7.18. The van der Waals surface area contributed by atoms with Gasteiger partial charge < -0.3 is 5.32 Å². The molecule has 0 aliphatic rings. The van der Waals surface area contributed by atoms with Gasteiger partial charge in [-0.25, -0.2) is 8.42 Å². The SMILES string of the molecule is CCCC(CS(=O)(=O)C(C)CC)NCC. The Labute approximate surface area is 94.6 Å². The van der Waals surface area contributed by atoms with E-state index in [0.717, 1.165) is 19.4 Å². The van der Waals surface area contributed by atoms with E-state index in [1.165, 1.54) is 0 Å². The second-order valence-electron chi connectivity index (χ2n) is 4.09. The van der Waals surface area contributed by atoms with Crippen LogP contribution in [0.25, 0.3) is 0 Å². The van der Waals surface area contributed by atoms with E-state index in [2.05, 4.69) is 12.2 Å². The lowest BCUT2D eigenvalue weighted by Gasteiger charge is -2.19. The molecule has 0 aliphatic carbocycles. The number of rotatable bonds is 8. The van der Waals surface area contributed by atoms with Crippen LogP contribution in [0.15, 0.2) is 0 Å². The van der Waals surface area contributed by atoms with Gasteiger partial charge in [-0.3, -0.25) is 0 Å². The molecule has 1 N–H and O–H groups in total. The predicted octanol–water partition coefficient (Wildman–Crippen LogP) is 1.98. The fourth-order valence-corrected chi connectivity index (χ4v) is 3.26. The first-order chi connectivity index (χ1) is 6.97. The summed E-state index contributed by atoms with van der Waals surface area (Å²) < 4.78 is 23.8. The lowest BCUT2D eigenvalue weighted by Crippen LogP contribution is -2.38. The largest absolute Gasteiger partial charge is 0.313 e. The molecular weight excluding hydrogens is 210 g/mol. The topological polar surface area (TPSA) is 46.2 Å². The monoisotopic (exact) mass is 235 g/mol. The fraction of sp³-hybridized carbons (Fsp3) is 1.00. The molecule has 0 radical (unpaired) electrons. The Bertz CT molecular complexity index is 243. The highest BCUT2D eigenvalue weighted by molar-refractivity contribution is 7.92. The third kappa shape index (κ3) is 5.52. The van der Waals surface area contributed by atoms with E-state index in [1.807, 2.05) is 13.8 Å². The Balaban J connectivity index is 4.37. The van der Waals surface area contributed by atoms with Gasteiger partial charge in [0.25, 0.3) is 0 Å². The minimum Gasteiger partial charge on any atom is -0.313 e. The number of sulfone groups is 1. The van der Waals surface area contributed by atoms with Gasteiger partial charge >= 0.3 is 0 Å². The van der Waals surface area contributed by atoms with Crippen LogP contribution >= 0.6 is 0 Å². The van der Waals surface area contributed by atoms with Crippen molar-refractivity contribution in [3.8, 4) is 0 Å². The Morgan fingerprint density at radius 3 is 2.20 bits per heavy atom. The molecule has 0 aromatic carbocycles. The summed E-state index contributed by atoms with van der Waals surface area (Å²) in [5.41, 5.74) is 0. The van der Waals surface area contributed by atoms with Gasteiger partial charge in [0.1, 0.15) is 0 Å². The Hall–Kier alpha value is -0.0900. The Morgan fingerprint density at radius 2 is 1.80 bits per heavy atom. The first kappa shape index (κ1) is 14.9. The lowest BCUT2D eigenvalue weighted by atomic mass is 10.2. The minimum absolute atomic E-state index is 0.124. The zero-order valence-electron chi connectivity index (χ0n) is 10.4. The van der Waals surface area contributed by atoms with E-state index < -0.39 is 9.84 Å². The third-order valence-electron chi connectivity index (χ3n) is 2.75. The highest BCUT2D eigenvalue weighted by Crippen LogP contribution is 2.10. The van der Waals surface area contributed by atoms with Gasteiger partial charge in [-0.15, -0.1) is 0 Å². The molecule has 3 nitrogen and oxygen atoms in total. The van der Waals surface area contributed by atoms with Gasteiger partial charge in [0.2, 0.25) is 0 Å². The van der Waals surface area contributed by atoms with Crippen LogP contribution in [0.4, 0.5) is 0 Å². The molecule has 0 aromatic heterocycles. The molecule has 92 valence electrons. The molecule has 0 saturated carbocycles. The van der Waals surface area contributed by atoms with Gasteiger partial charge in [-0.1, -0.05) is 27.2 Å². The first-order valence-corrected chi connectivity index (χ1v) is 7.64. The maximum atomic E-state index is 11.9. The molecule has 0 amide bonds. The van der Waals surface area contributed by atoms with Gasteiger partial charge in [0.15, 0.2) is 9.84 Å². The van der Waals surface area contributed by atoms with Crippen molar-refractivity contribution in [2.45, 2.75) is 58.2 Å². The van der Waals surface area contributed by atoms with Crippen LogP contribution in [-0.4, -0.2) is 32.0 Å². The molecule has 0 saturated heterocycles. The molecule has 0 spiro atoms. The number of hydrogen-bond acceptors (Lipinski definition) is 3. The van der Waals surface area contributed by atoms with Crippen molar-refractivity contribution >= 4 is 9.84 Å². The van der Waals surface area contributed by atoms with Crippen LogP contribution < -0.4 is 5.32 Å². The van der Waals surface area contributed by atoms with Gasteiger partial charge in [-0.2, -0.15) is 0 Å². The quantitative estimate of drug-likeness (QED) is 0.700. The Morgan fingerprint density at radius 1 is 1.20 bits per heavy atom. The van der Waals surface area contributed by atoms with Crippen LogP contribution in [0.1, 0.15) is 47.0 Å². The van der Waals surface area contributed by atoms with Crippen molar-refractivity contribution in [1.82, 2.24) is 5.32 Å². The molecular formula is C11H25NO2S. The summed E-state index contributed by atoms with van der Waals surface area (Å²) in [6, 6.07) is 0.124. The second-order valence-corrected chi connectivity index (χ2v) is 6.56. The van der Waals surface area contributed by atoms with E-state index >= 15 is 0 Å². The first-order valence-electron chi connectivity index (χ1n) is 5.92. The van der Waals surface area contributed by atoms with Crippen LogP contribution in [0, 0.1) is 0 Å². The van der Waals surface area contributed by atoms with Gasteiger partial charge in [0.05, 0.1) is 11.0 Å². The van der Waals surface area contributed by atoms with E-state index in [-0.39, 0.29) is 17.0 Å². The fourth-order valence-electron chi connectivity index (χ4n) is 1.58. The maximum absolute atomic E-state index is 11.9. The van der Waals surface area contributed by atoms with E-state index in [0.29, 0.717) is 6.42 Å². The van der Waals surface area contributed by atoms with Crippen molar-refractivity contribution < 1.29 is 8.42 Å². The second kappa shape index (κ2) is 7.23.